The van der Waals surface area contributed by atoms with E-state index in [0.29, 0.717) is 18.7 Å². The van der Waals surface area contributed by atoms with Crippen LogP contribution in [0.2, 0.25) is 0 Å². The lowest BCUT2D eigenvalue weighted by molar-refractivity contribution is -0.148. The van der Waals surface area contributed by atoms with E-state index in [0.717, 1.165) is 22.4 Å². The Morgan fingerprint density at radius 2 is 1.62 bits per heavy atom. The van der Waals surface area contributed by atoms with Crippen molar-refractivity contribution < 1.29 is 23.9 Å². The minimum atomic E-state index is -0.698. The number of carbonyl (C=O) groups is 3. The van der Waals surface area contributed by atoms with Gasteiger partial charge in [-0.3, -0.25) is 14.9 Å². The lowest BCUT2D eigenvalue weighted by Crippen LogP contribution is -2.37. The molecule has 3 amide bonds. The van der Waals surface area contributed by atoms with Gasteiger partial charge in [0.05, 0.1) is 6.61 Å². The zero-order valence-corrected chi connectivity index (χ0v) is 16.9. The molecule has 7 nitrogen and oxygen atoms in total. The van der Waals surface area contributed by atoms with Crippen LogP contribution in [0.4, 0.5) is 10.5 Å². The number of aryl methyl sites for hydroxylation is 3. The first-order chi connectivity index (χ1) is 13.8. The molecule has 2 aromatic carbocycles. The minimum Gasteiger partial charge on any atom is -0.494 e. The lowest BCUT2D eigenvalue weighted by Gasteiger charge is -2.10. The summed E-state index contributed by atoms with van der Waals surface area (Å²) in [4.78, 5) is 35.3. The summed E-state index contributed by atoms with van der Waals surface area (Å²) < 4.78 is 10.4. The number of urea groups is 1. The summed E-state index contributed by atoms with van der Waals surface area (Å²) >= 11 is 0. The number of carbonyl (C=O) groups excluding carboxylic acids is 3. The second-order valence-corrected chi connectivity index (χ2v) is 6.75. The van der Waals surface area contributed by atoms with E-state index in [1.165, 1.54) is 0 Å². The molecule has 0 heterocycles. The Kier molecular flexibility index (Phi) is 8.21. The molecule has 2 aromatic rings. The van der Waals surface area contributed by atoms with Crippen molar-refractivity contribution in [2.24, 2.45) is 0 Å². The molecule has 0 saturated carbocycles. The Hall–Kier alpha value is -3.35. The topological polar surface area (TPSA) is 93.7 Å². The second kappa shape index (κ2) is 10.8. The average Bonchev–Trinajstić information content (AvgIpc) is 2.67. The Labute approximate surface area is 170 Å². The number of imide groups is 1. The molecular formula is C22H26N2O5. The van der Waals surface area contributed by atoms with Crippen molar-refractivity contribution in [2.75, 3.05) is 18.5 Å². The number of amides is 3. The fourth-order valence-electron chi connectivity index (χ4n) is 2.53. The van der Waals surface area contributed by atoms with E-state index >= 15 is 0 Å². The van der Waals surface area contributed by atoms with Gasteiger partial charge in [0, 0.05) is 12.1 Å². The Balaban J connectivity index is 1.61. The molecule has 0 aliphatic heterocycles. The van der Waals surface area contributed by atoms with Crippen LogP contribution in [0.1, 0.15) is 29.5 Å². The van der Waals surface area contributed by atoms with Crippen LogP contribution in [0.15, 0.2) is 42.5 Å². The van der Waals surface area contributed by atoms with Gasteiger partial charge in [-0.05, 0) is 51.0 Å². The van der Waals surface area contributed by atoms with Crippen LogP contribution in [-0.4, -0.2) is 31.1 Å². The summed E-state index contributed by atoms with van der Waals surface area (Å²) in [5.74, 6) is -0.489. The molecule has 0 unspecified atom stereocenters. The average molecular weight is 398 g/mol. The first-order valence-electron chi connectivity index (χ1n) is 9.36. The van der Waals surface area contributed by atoms with E-state index in [4.69, 9.17) is 9.47 Å². The van der Waals surface area contributed by atoms with Crippen LogP contribution in [0.5, 0.6) is 5.75 Å². The number of hydrogen-bond donors (Lipinski definition) is 2. The van der Waals surface area contributed by atoms with Gasteiger partial charge in [0.15, 0.2) is 6.61 Å². The molecule has 0 saturated heterocycles. The molecule has 2 rings (SSSR count). The quantitative estimate of drug-likeness (QED) is 0.523. The Morgan fingerprint density at radius 1 is 0.931 bits per heavy atom. The van der Waals surface area contributed by atoms with Gasteiger partial charge in [-0.1, -0.05) is 35.4 Å². The van der Waals surface area contributed by atoms with Gasteiger partial charge in [0.2, 0.25) is 0 Å². The van der Waals surface area contributed by atoms with Gasteiger partial charge in [-0.2, -0.15) is 0 Å². The summed E-state index contributed by atoms with van der Waals surface area (Å²) in [5.41, 5.74) is 3.70. The van der Waals surface area contributed by atoms with Crippen molar-refractivity contribution in [3.63, 3.8) is 0 Å². The van der Waals surface area contributed by atoms with Gasteiger partial charge in [-0.15, -0.1) is 0 Å². The molecule has 0 spiro atoms. The number of hydrogen-bond acceptors (Lipinski definition) is 5. The largest absolute Gasteiger partial charge is 0.494 e. The van der Waals surface area contributed by atoms with Crippen molar-refractivity contribution in [3.05, 3.63) is 59.2 Å². The van der Waals surface area contributed by atoms with Crippen LogP contribution in [0.3, 0.4) is 0 Å². The summed E-state index contributed by atoms with van der Waals surface area (Å²) in [7, 11) is 0. The molecule has 0 aliphatic carbocycles. The van der Waals surface area contributed by atoms with Crippen LogP contribution < -0.4 is 15.4 Å². The van der Waals surface area contributed by atoms with Crippen LogP contribution in [0, 0.1) is 20.8 Å². The molecule has 0 radical (unpaired) electrons. The predicted molar refractivity (Wildman–Crippen MR) is 110 cm³/mol. The first kappa shape index (κ1) is 21.9. The molecule has 7 heteroatoms. The van der Waals surface area contributed by atoms with Gasteiger partial charge >= 0.3 is 12.0 Å². The number of benzene rings is 2. The third-order valence-corrected chi connectivity index (χ3v) is 4.06. The predicted octanol–water partition coefficient (Wildman–Crippen LogP) is 3.66. The monoisotopic (exact) mass is 398 g/mol. The summed E-state index contributed by atoms with van der Waals surface area (Å²) in [6.45, 7) is 5.64. The summed E-state index contributed by atoms with van der Waals surface area (Å²) in [6, 6.07) is 12.5. The highest BCUT2D eigenvalue weighted by Gasteiger charge is 2.12. The van der Waals surface area contributed by atoms with Crippen molar-refractivity contribution in [2.45, 2.75) is 33.6 Å². The highest BCUT2D eigenvalue weighted by Crippen LogP contribution is 2.15. The van der Waals surface area contributed by atoms with Gasteiger partial charge in [0.1, 0.15) is 5.75 Å². The van der Waals surface area contributed by atoms with Crippen LogP contribution in [-0.2, 0) is 14.3 Å². The lowest BCUT2D eigenvalue weighted by atomic mass is 10.1. The number of esters is 1. The smallest absolute Gasteiger partial charge is 0.325 e. The fourth-order valence-corrected chi connectivity index (χ4v) is 2.53. The van der Waals surface area contributed by atoms with Crippen LogP contribution in [0.25, 0.3) is 0 Å². The standard InChI is InChI=1S/C22H26N2O5/c1-15-6-9-18(10-7-15)28-12-4-5-21(26)29-14-20(25)24-22(27)23-19-11-8-16(2)13-17(19)3/h6-11,13H,4-5,12,14H2,1-3H3,(H2,23,24,25,27). The van der Waals surface area contributed by atoms with Gasteiger partial charge in [-0.25, -0.2) is 4.79 Å². The van der Waals surface area contributed by atoms with Gasteiger partial charge < -0.3 is 14.8 Å². The Morgan fingerprint density at radius 3 is 2.31 bits per heavy atom. The summed E-state index contributed by atoms with van der Waals surface area (Å²) in [5, 5.41) is 4.72. The zero-order chi connectivity index (χ0) is 21.2. The van der Waals surface area contributed by atoms with Gasteiger partial charge in [0.25, 0.3) is 5.91 Å². The van der Waals surface area contributed by atoms with E-state index in [1.807, 2.05) is 57.2 Å². The SMILES string of the molecule is Cc1ccc(OCCCC(=O)OCC(=O)NC(=O)Nc2ccc(C)cc2C)cc1. The van der Waals surface area contributed by atoms with E-state index in [9.17, 15) is 14.4 Å². The van der Waals surface area contributed by atoms with Crippen molar-refractivity contribution in [3.8, 4) is 5.75 Å². The number of nitrogens with one attached hydrogen (secondary N) is 2. The fraction of sp³-hybridized carbons (Fsp3) is 0.318. The molecule has 0 aliphatic rings. The molecule has 29 heavy (non-hydrogen) atoms. The van der Waals surface area contributed by atoms with E-state index in [-0.39, 0.29) is 6.42 Å². The van der Waals surface area contributed by atoms with E-state index < -0.39 is 24.5 Å². The molecule has 154 valence electrons. The number of ether oxygens (including phenoxy) is 2. The van der Waals surface area contributed by atoms with Crippen molar-refractivity contribution >= 4 is 23.6 Å². The first-order valence-corrected chi connectivity index (χ1v) is 9.36. The summed E-state index contributed by atoms with van der Waals surface area (Å²) in [6.07, 6.45) is 0.579. The number of rotatable bonds is 8. The normalized spacial score (nSPS) is 10.2. The molecule has 0 fully saturated rings. The Bertz CT molecular complexity index is 862. The number of anilines is 1. The van der Waals surface area contributed by atoms with E-state index in [2.05, 4.69) is 10.6 Å². The molecule has 0 atom stereocenters. The van der Waals surface area contributed by atoms with Crippen molar-refractivity contribution in [1.29, 1.82) is 0 Å². The molecule has 0 bridgehead atoms. The van der Waals surface area contributed by atoms with Crippen LogP contribution >= 0.6 is 0 Å². The molecular weight excluding hydrogens is 372 g/mol. The van der Waals surface area contributed by atoms with E-state index in [1.54, 1.807) is 6.07 Å². The minimum absolute atomic E-state index is 0.119. The third-order valence-electron chi connectivity index (χ3n) is 4.06. The van der Waals surface area contributed by atoms with Crippen molar-refractivity contribution in [1.82, 2.24) is 5.32 Å². The zero-order valence-electron chi connectivity index (χ0n) is 16.9. The second-order valence-electron chi connectivity index (χ2n) is 6.75. The maximum absolute atomic E-state index is 11.9. The third kappa shape index (κ3) is 8.04. The highest BCUT2D eigenvalue weighted by atomic mass is 16.5. The molecule has 2 N–H and O–H groups in total. The maximum atomic E-state index is 11.9. The highest BCUT2D eigenvalue weighted by molar-refractivity contribution is 6.02. The molecule has 0 aromatic heterocycles. The maximum Gasteiger partial charge on any atom is 0.325 e.